The van der Waals surface area contributed by atoms with E-state index in [9.17, 15) is 9.18 Å². The van der Waals surface area contributed by atoms with E-state index in [1.54, 1.807) is 0 Å². The second-order valence-electron chi connectivity index (χ2n) is 2.49. The Kier molecular flexibility index (Phi) is 4.57. The smallest absolute Gasteiger partial charge is 0.164 e. The lowest BCUT2D eigenvalue weighted by Gasteiger charge is -2.06. The number of hydrogen-bond acceptors (Lipinski definition) is 2. The van der Waals surface area contributed by atoms with Crippen LogP contribution in [0.3, 0.4) is 0 Å². The average Bonchev–Trinajstić information content (AvgIpc) is 2.04. The van der Waals surface area contributed by atoms with E-state index in [1.807, 2.05) is 0 Å². The number of methoxy groups -OCH3 is 1. The molecule has 0 saturated carbocycles. The normalized spacial score (nSPS) is 9.14. The standard InChI is InChI=1S/C9H8ClFO2.CH4/c1-5(12)8-6(11)3-4-7(13-2)9(8)10;/h3-4H,1-2H3;1H4. The fraction of sp³-hybridized carbons (Fsp3) is 0.300. The van der Waals surface area contributed by atoms with Gasteiger partial charge in [0, 0.05) is 0 Å². The molecule has 2 nitrogen and oxygen atoms in total. The highest BCUT2D eigenvalue weighted by atomic mass is 35.5. The lowest BCUT2D eigenvalue weighted by molar-refractivity contribution is 0.101. The Morgan fingerprint density at radius 2 is 2.07 bits per heavy atom. The number of rotatable bonds is 2. The maximum absolute atomic E-state index is 13.1. The summed E-state index contributed by atoms with van der Waals surface area (Å²) in [7, 11) is 1.41. The molecule has 14 heavy (non-hydrogen) atoms. The molecule has 0 unspecified atom stereocenters. The van der Waals surface area contributed by atoms with Gasteiger partial charge in [-0.15, -0.1) is 0 Å². The SMILES string of the molecule is C.COc1ccc(F)c(C(C)=O)c1Cl. The van der Waals surface area contributed by atoms with E-state index in [4.69, 9.17) is 16.3 Å². The lowest BCUT2D eigenvalue weighted by atomic mass is 10.1. The van der Waals surface area contributed by atoms with E-state index in [1.165, 1.54) is 20.1 Å². The topological polar surface area (TPSA) is 26.3 Å². The summed E-state index contributed by atoms with van der Waals surface area (Å²) in [4.78, 5) is 11.0. The Morgan fingerprint density at radius 3 is 2.50 bits per heavy atom. The maximum Gasteiger partial charge on any atom is 0.164 e. The van der Waals surface area contributed by atoms with Crippen LogP contribution < -0.4 is 4.74 Å². The van der Waals surface area contributed by atoms with Gasteiger partial charge in [-0.2, -0.15) is 0 Å². The van der Waals surface area contributed by atoms with Gasteiger partial charge >= 0.3 is 0 Å². The van der Waals surface area contributed by atoms with Crippen LogP contribution in [0.2, 0.25) is 5.02 Å². The van der Waals surface area contributed by atoms with E-state index < -0.39 is 11.6 Å². The Hall–Kier alpha value is -1.09. The number of ether oxygens (including phenoxy) is 1. The molecule has 0 spiro atoms. The summed E-state index contributed by atoms with van der Waals surface area (Å²) >= 11 is 5.72. The molecule has 0 aromatic heterocycles. The van der Waals surface area contributed by atoms with Gasteiger partial charge in [0.25, 0.3) is 0 Å². The van der Waals surface area contributed by atoms with Crippen LogP contribution in [0.1, 0.15) is 24.7 Å². The van der Waals surface area contributed by atoms with Crippen LogP contribution in [-0.2, 0) is 0 Å². The minimum atomic E-state index is -0.627. The van der Waals surface area contributed by atoms with E-state index in [2.05, 4.69) is 0 Å². The van der Waals surface area contributed by atoms with Crippen LogP contribution in [0, 0.1) is 5.82 Å². The van der Waals surface area contributed by atoms with Gasteiger partial charge in [0.15, 0.2) is 5.78 Å². The molecule has 0 bridgehead atoms. The summed E-state index contributed by atoms with van der Waals surface area (Å²) in [5.74, 6) is -0.743. The first-order valence-electron chi connectivity index (χ1n) is 3.61. The molecule has 0 heterocycles. The van der Waals surface area contributed by atoms with Crippen LogP contribution in [0.25, 0.3) is 0 Å². The number of carbonyl (C=O) groups excluding carboxylic acids is 1. The van der Waals surface area contributed by atoms with Crippen molar-refractivity contribution in [1.29, 1.82) is 0 Å². The zero-order valence-corrected chi connectivity index (χ0v) is 7.98. The van der Waals surface area contributed by atoms with Crippen molar-refractivity contribution in [2.75, 3.05) is 7.11 Å². The largest absolute Gasteiger partial charge is 0.495 e. The number of benzene rings is 1. The van der Waals surface area contributed by atoms with Crippen molar-refractivity contribution in [2.24, 2.45) is 0 Å². The minimum Gasteiger partial charge on any atom is -0.495 e. The molecule has 0 aliphatic heterocycles. The molecule has 0 aliphatic carbocycles. The Morgan fingerprint density at radius 1 is 1.50 bits per heavy atom. The van der Waals surface area contributed by atoms with Crippen molar-refractivity contribution in [3.8, 4) is 5.75 Å². The summed E-state index contributed by atoms with van der Waals surface area (Å²) < 4.78 is 17.9. The number of ketones is 1. The molecule has 1 aromatic rings. The molecule has 0 N–H and O–H groups in total. The van der Waals surface area contributed by atoms with Crippen LogP contribution in [-0.4, -0.2) is 12.9 Å². The highest BCUT2D eigenvalue weighted by Gasteiger charge is 2.15. The van der Waals surface area contributed by atoms with E-state index in [0.717, 1.165) is 6.07 Å². The van der Waals surface area contributed by atoms with Gasteiger partial charge in [-0.25, -0.2) is 4.39 Å². The first-order valence-corrected chi connectivity index (χ1v) is 3.98. The molecule has 78 valence electrons. The Bertz CT molecular complexity index is 350. The second-order valence-corrected chi connectivity index (χ2v) is 2.87. The minimum absolute atomic E-state index is 0. The third-order valence-corrected chi connectivity index (χ3v) is 2.00. The Balaban J connectivity index is 0.00000169. The third-order valence-electron chi connectivity index (χ3n) is 1.63. The highest BCUT2D eigenvalue weighted by molar-refractivity contribution is 6.35. The van der Waals surface area contributed by atoms with Crippen LogP contribution in [0.4, 0.5) is 4.39 Å². The zero-order valence-electron chi connectivity index (χ0n) is 7.23. The molecule has 1 rings (SSSR count). The van der Waals surface area contributed by atoms with Crippen molar-refractivity contribution in [1.82, 2.24) is 0 Å². The van der Waals surface area contributed by atoms with Gasteiger partial charge < -0.3 is 4.74 Å². The quantitative estimate of drug-likeness (QED) is 0.712. The van der Waals surface area contributed by atoms with Crippen LogP contribution >= 0.6 is 11.6 Å². The lowest BCUT2D eigenvalue weighted by Crippen LogP contribution is -2.00. The van der Waals surface area contributed by atoms with E-state index in [0.29, 0.717) is 5.75 Å². The van der Waals surface area contributed by atoms with Crippen molar-refractivity contribution in [2.45, 2.75) is 14.4 Å². The summed E-state index contributed by atoms with van der Waals surface area (Å²) in [5, 5.41) is 0.0231. The summed E-state index contributed by atoms with van der Waals surface area (Å²) in [6.45, 7) is 1.25. The molecule has 0 amide bonds. The summed E-state index contributed by atoms with van der Waals surface area (Å²) in [6, 6.07) is 2.53. The van der Waals surface area contributed by atoms with Crippen molar-refractivity contribution in [3.63, 3.8) is 0 Å². The monoisotopic (exact) mass is 218 g/mol. The van der Waals surface area contributed by atoms with Gasteiger partial charge in [-0.1, -0.05) is 19.0 Å². The maximum atomic E-state index is 13.1. The molecule has 0 fully saturated rings. The second kappa shape index (κ2) is 4.96. The molecule has 0 atom stereocenters. The fourth-order valence-electron chi connectivity index (χ4n) is 1.01. The predicted molar refractivity (Wildman–Crippen MR) is 54.7 cm³/mol. The van der Waals surface area contributed by atoms with Gasteiger partial charge in [-0.3, -0.25) is 4.79 Å². The molecular formula is C10H12ClFO2. The van der Waals surface area contributed by atoms with Gasteiger partial charge in [-0.05, 0) is 19.1 Å². The molecular weight excluding hydrogens is 207 g/mol. The van der Waals surface area contributed by atoms with E-state index in [-0.39, 0.29) is 18.0 Å². The summed E-state index contributed by atoms with van der Waals surface area (Å²) in [5.41, 5.74) is -0.124. The number of Topliss-reactive ketones (excluding diaryl/α,β-unsaturated/α-hetero) is 1. The molecule has 0 radical (unpaired) electrons. The zero-order chi connectivity index (χ0) is 10.0. The number of halogens is 2. The predicted octanol–water partition coefficient (Wildman–Crippen LogP) is 3.33. The molecule has 1 aromatic carbocycles. The Labute approximate surface area is 87.6 Å². The first-order chi connectivity index (χ1) is 6.07. The van der Waals surface area contributed by atoms with Crippen LogP contribution in [0.15, 0.2) is 12.1 Å². The number of hydrogen-bond donors (Lipinski definition) is 0. The van der Waals surface area contributed by atoms with E-state index >= 15 is 0 Å². The van der Waals surface area contributed by atoms with Crippen molar-refractivity contribution in [3.05, 3.63) is 28.5 Å². The van der Waals surface area contributed by atoms with Crippen molar-refractivity contribution < 1.29 is 13.9 Å². The summed E-state index contributed by atoms with van der Waals surface area (Å²) in [6.07, 6.45) is 0. The average molecular weight is 219 g/mol. The van der Waals surface area contributed by atoms with Gasteiger partial charge in [0.05, 0.1) is 17.7 Å². The van der Waals surface area contributed by atoms with Gasteiger partial charge in [0.2, 0.25) is 0 Å². The third kappa shape index (κ3) is 2.23. The number of carbonyl (C=O) groups is 1. The molecule has 4 heteroatoms. The van der Waals surface area contributed by atoms with Gasteiger partial charge in [0.1, 0.15) is 11.6 Å². The van der Waals surface area contributed by atoms with Crippen LogP contribution in [0.5, 0.6) is 5.75 Å². The fourth-order valence-corrected chi connectivity index (χ4v) is 1.38. The first kappa shape index (κ1) is 12.9. The highest BCUT2D eigenvalue weighted by Crippen LogP contribution is 2.29. The van der Waals surface area contributed by atoms with Crippen molar-refractivity contribution >= 4 is 17.4 Å². The molecule has 0 aliphatic rings. The molecule has 0 saturated heterocycles.